The number of para-hydroxylation sites is 3. The highest BCUT2D eigenvalue weighted by molar-refractivity contribution is 6.09. The van der Waals surface area contributed by atoms with Crippen LogP contribution < -0.4 is 4.58 Å². The minimum atomic E-state index is 0.397. The highest BCUT2D eigenvalue weighted by Gasteiger charge is 2.32. The summed E-state index contributed by atoms with van der Waals surface area (Å²) in [6, 6.07) is 27.7. The van der Waals surface area contributed by atoms with Gasteiger partial charge in [-0.2, -0.15) is 0 Å². The predicted molar refractivity (Wildman–Crippen MR) is 109 cm³/mol. The molecule has 3 aromatic carbocycles. The van der Waals surface area contributed by atoms with Crippen LogP contribution in [0.3, 0.4) is 0 Å². The van der Waals surface area contributed by atoms with Crippen molar-refractivity contribution >= 4 is 44.9 Å². The van der Waals surface area contributed by atoms with Crippen LogP contribution in [-0.4, -0.2) is 22.2 Å². The molecular formula is C23H21N3+2. The highest BCUT2D eigenvalue weighted by Crippen LogP contribution is 2.37. The molecule has 5 rings (SSSR count). The molecular weight excluding hydrogens is 318 g/mol. The Kier molecular flexibility index (Phi) is 3.15. The number of rotatable bonds is 2. The van der Waals surface area contributed by atoms with E-state index in [2.05, 4.69) is 100 Å². The number of benzene rings is 3. The fourth-order valence-electron chi connectivity index (χ4n) is 4.08. The van der Waals surface area contributed by atoms with E-state index in [4.69, 9.17) is 0 Å². The fraction of sp³-hybridized carbons (Fsp3) is 0.174. The lowest BCUT2D eigenvalue weighted by Crippen LogP contribution is -2.02. The number of fused-ring (bicyclic) bond motifs is 4. The minimum Gasteiger partial charge on any atom is -0.338 e. The van der Waals surface area contributed by atoms with E-state index in [1.807, 2.05) is 7.05 Å². The van der Waals surface area contributed by atoms with Gasteiger partial charge in [-0.05, 0) is 30.6 Å². The van der Waals surface area contributed by atoms with E-state index in [9.17, 15) is 0 Å². The largest absolute Gasteiger partial charge is 0.496 e. The quantitative estimate of drug-likeness (QED) is 0.417. The zero-order valence-electron chi connectivity index (χ0n) is 15.3. The molecule has 0 saturated heterocycles. The lowest BCUT2D eigenvalue weighted by molar-refractivity contribution is -0.394. The zero-order valence-corrected chi connectivity index (χ0v) is 15.3. The van der Waals surface area contributed by atoms with E-state index in [0.29, 0.717) is 6.04 Å². The van der Waals surface area contributed by atoms with Crippen LogP contribution in [0.4, 0.5) is 17.1 Å². The Hall–Kier alpha value is -3.16. The molecule has 1 aliphatic heterocycles. The van der Waals surface area contributed by atoms with Crippen LogP contribution in [0.15, 0.2) is 66.7 Å². The van der Waals surface area contributed by atoms with Crippen LogP contribution in [0.2, 0.25) is 0 Å². The average molecular weight is 339 g/mol. The van der Waals surface area contributed by atoms with Crippen LogP contribution in [0.1, 0.15) is 19.9 Å². The molecule has 0 fully saturated rings. The summed E-state index contributed by atoms with van der Waals surface area (Å²) in [6.07, 6.45) is 0. The third-order valence-electron chi connectivity index (χ3n) is 5.20. The summed E-state index contributed by atoms with van der Waals surface area (Å²) in [5, 5.41) is 2.62. The Morgan fingerprint density at radius 2 is 1.50 bits per heavy atom. The maximum absolute atomic E-state index is 3.44. The van der Waals surface area contributed by atoms with Gasteiger partial charge in [0.15, 0.2) is 7.05 Å². The highest BCUT2D eigenvalue weighted by atomic mass is 15.2. The molecule has 3 nitrogen and oxygen atoms in total. The van der Waals surface area contributed by atoms with Crippen LogP contribution in [0.25, 0.3) is 21.8 Å². The van der Waals surface area contributed by atoms with E-state index in [0.717, 1.165) is 5.69 Å². The van der Waals surface area contributed by atoms with Gasteiger partial charge in [0.05, 0.1) is 5.52 Å². The molecule has 0 unspecified atom stereocenters. The fourth-order valence-corrected chi connectivity index (χ4v) is 4.08. The Labute approximate surface area is 152 Å². The van der Waals surface area contributed by atoms with Gasteiger partial charge >= 0.3 is 6.01 Å². The van der Waals surface area contributed by atoms with Gasteiger partial charge in [0.25, 0.3) is 11.4 Å². The van der Waals surface area contributed by atoms with Gasteiger partial charge in [-0.3, -0.25) is 0 Å². The molecule has 0 atom stereocenters. The molecule has 3 heteroatoms. The standard InChI is InChI=1S/C23H21N3/c1-16(2)26-20-9-5-4-8-18(20)19-13-12-17(14-23(19)26)25-15-24(3)21-10-6-7-11-22(21)25/h4-14,16H,1-3H3/q+2. The van der Waals surface area contributed by atoms with Gasteiger partial charge in [-0.25, -0.2) is 0 Å². The SMILES string of the molecule is CC(C)n1c2ccccc2c2ccc([N+]3=C=[N+](C)c4ccccc43)cc21. The van der Waals surface area contributed by atoms with Crippen molar-refractivity contribution in [2.45, 2.75) is 19.9 Å². The third kappa shape index (κ3) is 2.01. The molecule has 126 valence electrons. The summed E-state index contributed by atoms with van der Waals surface area (Å²) < 4.78 is 6.63. The molecule has 0 saturated carbocycles. The van der Waals surface area contributed by atoms with Gasteiger partial charge in [-0.1, -0.05) is 34.9 Å². The maximum atomic E-state index is 3.44. The van der Waals surface area contributed by atoms with Crippen LogP contribution >= 0.6 is 0 Å². The van der Waals surface area contributed by atoms with Crippen molar-refractivity contribution in [3.05, 3.63) is 66.7 Å². The maximum Gasteiger partial charge on any atom is 0.496 e. The summed E-state index contributed by atoms with van der Waals surface area (Å²) in [6.45, 7) is 4.49. The smallest absolute Gasteiger partial charge is 0.338 e. The Morgan fingerprint density at radius 1 is 0.808 bits per heavy atom. The van der Waals surface area contributed by atoms with Gasteiger partial charge < -0.3 is 4.57 Å². The molecule has 0 amide bonds. The summed E-state index contributed by atoms with van der Waals surface area (Å²) in [5.41, 5.74) is 6.05. The van der Waals surface area contributed by atoms with E-state index >= 15 is 0 Å². The van der Waals surface area contributed by atoms with Gasteiger partial charge in [0, 0.05) is 46.6 Å². The Bertz CT molecular complexity index is 1250. The number of hydrogen-bond acceptors (Lipinski definition) is 0. The molecule has 26 heavy (non-hydrogen) atoms. The lowest BCUT2D eigenvalue weighted by Gasteiger charge is -2.11. The van der Waals surface area contributed by atoms with Crippen molar-refractivity contribution < 1.29 is 4.58 Å². The number of nitrogens with zero attached hydrogens (tertiary/aromatic N) is 3. The van der Waals surface area contributed by atoms with Crippen molar-refractivity contribution in [1.82, 2.24) is 9.14 Å². The molecule has 0 spiro atoms. The average Bonchev–Trinajstić information content (AvgIpc) is 3.17. The molecule has 0 radical (unpaired) electrons. The van der Waals surface area contributed by atoms with Crippen LogP contribution in [-0.2, 0) is 0 Å². The van der Waals surface area contributed by atoms with Gasteiger partial charge in [-0.15, -0.1) is 0 Å². The first-order chi connectivity index (χ1) is 12.6. The first-order valence-electron chi connectivity index (χ1n) is 9.07. The normalized spacial score (nSPS) is 13.4. The van der Waals surface area contributed by atoms with E-state index in [-0.39, 0.29) is 0 Å². The molecule has 4 aromatic rings. The van der Waals surface area contributed by atoms with E-state index in [1.165, 1.54) is 33.2 Å². The lowest BCUT2D eigenvalue weighted by atomic mass is 10.1. The van der Waals surface area contributed by atoms with Crippen molar-refractivity contribution in [2.75, 3.05) is 7.05 Å². The second-order valence-corrected chi connectivity index (χ2v) is 7.17. The second-order valence-electron chi connectivity index (χ2n) is 7.17. The molecule has 1 aliphatic rings. The predicted octanol–water partition coefficient (Wildman–Crippen LogP) is 5.67. The molecule has 1 aromatic heterocycles. The van der Waals surface area contributed by atoms with Crippen molar-refractivity contribution in [3.8, 4) is 0 Å². The topological polar surface area (TPSA) is 10.9 Å². The first kappa shape index (κ1) is 15.1. The molecule has 2 heterocycles. The summed E-state index contributed by atoms with van der Waals surface area (Å²) in [5.74, 6) is 0. The Morgan fingerprint density at radius 3 is 2.31 bits per heavy atom. The van der Waals surface area contributed by atoms with Crippen molar-refractivity contribution in [2.24, 2.45) is 0 Å². The van der Waals surface area contributed by atoms with Crippen LogP contribution in [0.5, 0.6) is 0 Å². The molecule has 0 aliphatic carbocycles. The van der Waals surface area contributed by atoms with Crippen molar-refractivity contribution in [1.29, 1.82) is 0 Å². The van der Waals surface area contributed by atoms with Gasteiger partial charge in [0.2, 0.25) is 5.69 Å². The van der Waals surface area contributed by atoms with E-state index < -0.39 is 0 Å². The zero-order chi connectivity index (χ0) is 17.8. The van der Waals surface area contributed by atoms with E-state index in [1.54, 1.807) is 0 Å². The minimum absolute atomic E-state index is 0.397. The number of hydrogen-bond donors (Lipinski definition) is 0. The monoisotopic (exact) mass is 339 g/mol. The molecule has 0 N–H and O–H groups in total. The summed E-state index contributed by atoms with van der Waals surface area (Å²) in [4.78, 5) is 0. The van der Waals surface area contributed by atoms with Gasteiger partial charge in [0.1, 0.15) is 0 Å². The third-order valence-corrected chi connectivity index (χ3v) is 5.20. The molecule has 0 bridgehead atoms. The van der Waals surface area contributed by atoms with Crippen molar-refractivity contribution in [3.63, 3.8) is 0 Å². The number of aromatic nitrogens is 1. The first-order valence-corrected chi connectivity index (χ1v) is 9.07. The van der Waals surface area contributed by atoms with Crippen LogP contribution in [0, 0.1) is 0 Å². The summed E-state index contributed by atoms with van der Waals surface area (Å²) >= 11 is 0. The summed E-state index contributed by atoms with van der Waals surface area (Å²) in [7, 11) is 2.04. The second kappa shape index (κ2) is 5.42. The Balaban J connectivity index is 1.81.